The van der Waals surface area contributed by atoms with Crippen molar-refractivity contribution in [1.29, 1.82) is 0 Å². The van der Waals surface area contributed by atoms with Gasteiger partial charge in [-0.3, -0.25) is 4.68 Å². The Hall–Kier alpha value is -1.82. The average Bonchev–Trinajstić information content (AvgIpc) is 2.94. The summed E-state index contributed by atoms with van der Waals surface area (Å²) in [6.07, 6.45) is 2.71. The number of nitrogens with zero attached hydrogens (tertiary/aromatic N) is 3. The summed E-state index contributed by atoms with van der Waals surface area (Å²) in [5, 5.41) is 7.37. The Kier molecular flexibility index (Phi) is 4.57. The topological polar surface area (TPSA) is 65.1 Å². The molecule has 0 atom stereocenters. The minimum Gasteiger partial charge on any atom is -0.461 e. The van der Waals surface area contributed by atoms with Gasteiger partial charge in [-0.1, -0.05) is 6.92 Å². The number of rotatable bonds is 7. The molecule has 0 saturated heterocycles. The Bertz CT molecular complexity index is 518. The van der Waals surface area contributed by atoms with Crippen LogP contribution in [0.3, 0.4) is 0 Å². The monoisotopic (exact) mass is 264 g/mol. The van der Waals surface area contributed by atoms with Gasteiger partial charge in [0.2, 0.25) is 0 Å². The number of nitrogens with one attached hydrogen (secondary N) is 1. The fourth-order valence-corrected chi connectivity index (χ4v) is 1.74. The SMILES string of the molecule is CCCNCc1oc(COc2ncn(C)n2)cc1C. The molecule has 0 radical (unpaired) electrons. The minimum absolute atomic E-state index is 0.346. The number of hydrogen-bond acceptors (Lipinski definition) is 5. The van der Waals surface area contributed by atoms with Crippen LogP contribution >= 0.6 is 0 Å². The molecule has 104 valence electrons. The van der Waals surface area contributed by atoms with Crippen LogP contribution in [0.4, 0.5) is 0 Å². The third kappa shape index (κ3) is 3.82. The smallest absolute Gasteiger partial charge is 0.335 e. The highest BCUT2D eigenvalue weighted by molar-refractivity contribution is 5.19. The van der Waals surface area contributed by atoms with Crippen molar-refractivity contribution < 1.29 is 9.15 Å². The first-order valence-corrected chi connectivity index (χ1v) is 6.46. The van der Waals surface area contributed by atoms with Gasteiger partial charge in [-0.2, -0.15) is 4.98 Å². The van der Waals surface area contributed by atoms with Crippen LogP contribution in [0.25, 0.3) is 0 Å². The molecule has 0 unspecified atom stereocenters. The predicted octanol–water partition coefficient (Wildman–Crippen LogP) is 1.80. The minimum atomic E-state index is 0.346. The number of hydrogen-bond donors (Lipinski definition) is 1. The summed E-state index contributed by atoms with van der Waals surface area (Å²) in [6.45, 7) is 6.26. The lowest BCUT2D eigenvalue weighted by Gasteiger charge is -2.01. The van der Waals surface area contributed by atoms with Crippen LogP contribution in [0.5, 0.6) is 6.01 Å². The quantitative estimate of drug-likeness (QED) is 0.772. The Morgan fingerprint density at radius 3 is 3.00 bits per heavy atom. The van der Waals surface area contributed by atoms with E-state index in [4.69, 9.17) is 9.15 Å². The summed E-state index contributed by atoms with van der Waals surface area (Å²) in [7, 11) is 1.80. The molecule has 0 aliphatic heterocycles. The zero-order chi connectivity index (χ0) is 13.7. The van der Waals surface area contributed by atoms with Gasteiger partial charge in [0.15, 0.2) is 0 Å². The van der Waals surface area contributed by atoms with E-state index in [1.54, 1.807) is 18.1 Å². The maximum absolute atomic E-state index is 5.74. The van der Waals surface area contributed by atoms with Gasteiger partial charge < -0.3 is 14.5 Å². The summed E-state index contributed by atoms with van der Waals surface area (Å²) >= 11 is 0. The molecule has 0 aromatic carbocycles. The molecule has 1 N–H and O–H groups in total. The van der Waals surface area contributed by atoms with Gasteiger partial charge in [-0.05, 0) is 31.5 Å². The number of ether oxygens (including phenoxy) is 1. The first kappa shape index (κ1) is 13.6. The molecule has 2 rings (SSSR count). The molecule has 0 spiro atoms. The van der Waals surface area contributed by atoms with Crippen molar-refractivity contribution in [2.75, 3.05) is 6.54 Å². The van der Waals surface area contributed by atoms with Gasteiger partial charge in [0.25, 0.3) is 0 Å². The maximum atomic E-state index is 5.74. The van der Waals surface area contributed by atoms with Crippen LogP contribution < -0.4 is 10.1 Å². The third-order valence-corrected chi connectivity index (χ3v) is 2.71. The fraction of sp³-hybridized carbons (Fsp3) is 0.538. The van der Waals surface area contributed by atoms with E-state index in [-0.39, 0.29) is 0 Å². The third-order valence-electron chi connectivity index (χ3n) is 2.71. The summed E-state index contributed by atoms with van der Waals surface area (Å²) in [5.41, 5.74) is 1.14. The van der Waals surface area contributed by atoms with Gasteiger partial charge in [-0.15, -0.1) is 5.10 Å². The van der Waals surface area contributed by atoms with Crippen LogP contribution in [0.15, 0.2) is 16.8 Å². The molecule has 0 aliphatic carbocycles. The predicted molar refractivity (Wildman–Crippen MR) is 70.8 cm³/mol. The van der Waals surface area contributed by atoms with Crippen molar-refractivity contribution >= 4 is 0 Å². The van der Waals surface area contributed by atoms with E-state index in [0.717, 1.165) is 36.6 Å². The molecule has 2 aromatic heterocycles. The molecule has 6 heteroatoms. The molecule has 19 heavy (non-hydrogen) atoms. The van der Waals surface area contributed by atoms with E-state index in [0.29, 0.717) is 12.6 Å². The van der Waals surface area contributed by atoms with Crippen molar-refractivity contribution in [2.45, 2.75) is 33.4 Å². The molecule has 0 aliphatic rings. The van der Waals surface area contributed by atoms with E-state index in [1.807, 2.05) is 13.0 Å². The van der Waals surface area contributed by atoms with Crippen molar-refractivity contribution in [3.05, 3.63) is 29.5 Å². The number of furan rings is 1. The number of aromatic nitrogens is 3. The summed E-state index contributed by atoms with van der Waals surface area (Å²) in [6, 6.07) is 2.36. The van der Waals surface area contributed by atoms with E-state index < -0.39 is 0 Å². The zero-order valence-electron chi connectivity index (χ0n) is 11.6. The molecule has 2 aromatic rings. The summed E-state index contributed by atoms with van der Waals surface area (Å²) in [5.74, 6) is 1.75. The lowest BCUT2D eigenvalue weighted by molar-refractivity contribution is 0.245. The molecule has 0 amide bonds. The van der Waals surface area contributed by atoms with Gasteiger partial charge in [0, 0.05) is 7.05 Å². The lowest BCUT2D eigenvalue weighted by Crippen LogP contribution is -2.13. The van der Waals surface area contributed by atoms with Crippen LogP contribution in [0, 0.1) is 6.92 Å². The van der Waals surface area contributed by atoms with Gasteiger partial charge in [0.1, 0.15) is 24.5 Å². The fourth-order valence-electron chi connectivity index (χ4n) is 1.74. The highest BCUT2D eigenvalue weighted by Crippen LogP contribution is 2.16. The normalized spacial score (nSPS) is 10.9. The van der Waals surface area contributed by atoms with Crippen LogP contribution in [-0.4, -0.2) is 21.3 Å². The molecule has 0 fully saturated rings. The highest BCUT2D eigenvalue weighted by atomic mass is 16.5. The Morgan fingerprint density at radius 1 is 1.47 bits per heavy atom. The average molecular weight is 264 g/mol. The zero-order valence-corrected chi connectivity index (χ0v) is 11.6. The molecular formula is C13H20N4O2. The van der Waals surface area contributed by atoms with E-state index in [1.165, 1.54) is 0 Å². The second-order valence-corrected chi connectivity index (χ2v) is 4.49. The van der Waals surface area contributed by atoms with E-state index in [2.05, 4.69) is 22.3 Å². The van der Waals surface area contributed by atoms with Crippen molar-refractivity contribution in [2.24, 2.45) is 7.05 Å². The highest BCUT2D eigenvalue weighted by Gasteiger charge is 2.09. The molecule has 0 saturated carbocycles. The van der Waals surface area contributed by atoms with Crippen LogP contribution in [0.2, 0.25) is 0 Å². The van der Waals surface area contributed by atoms with E-state index in [9.17, 15) is 0 Å². The van der Waals surface area contributed by atoms with Crippen molar-refractivity contribution in [3.63, 3.8) is 0 Å². The van der Waals surface area contributed by atoms with Crippen molar-refractivity contribution in [1.82, 2.24) is 20.1 Å². The molecule has 6 nitrogen and oxygen atoms in total. The molecule has 0 bridgehead atoms. The van der Waals surface area contributed by atoms with Crippen LogP contribution in [0.1, 0.15) is 30.4 Å². The first-order chi connectivity index (χ1) is 9.19. The Balaban J connectivity index is 1.88. The Labute approximate surface area is 112 Å². The molecule has 2 heterocycles. The second kappa shape index (κ2) is 6.38. The van der Waals surface area contributed by atoms with Crippen LogP contribution in [-0.2, 0) is 20.2 Å². The number of aryl methyl sites for hydroxylation is 2. The maximum Gasteiger partial charge on any atom is 0.335 e. The first-order valence-electron chi connectivity index (χ1n) is 6.46. The molecular weight excluding hydrogens is 244 g/mol. The lowest BCUT2D eigenvalue weighted by atomic mass is 10.2. The van der Waals surface area contributed by atoms with Gasteiger partial charge >= 0.3 is 6.01 Å². The summed E-state index contributed by atoms with van der Waals surface area (Å²) < 4.78 is 12.8. The second-order valence-electron chi connectivity index (χ2n) is 4.49. The van der Waals surface area contributed by atoms with E-state index >= 15 is 0 Å². The standard InChI is InChI=1S/C13H20N4O2/c1-4-5-14-7-12-10(2)6-11(19-12)8-18-13-15-9-17(3)16-13/h6,9,14H,4-5,7-8H2,1-3H3. The summed E-state index contributed by atoms with van der Waals surface area (Å²) in [4.78, 5) is 4.00. The van der Waals surface area contributed by atoms with Crippen molar-refractivity contribution in [3.8, 4) is 6.01 Å². The Morgan fingerprint density at radius 2 is 2.32 bits per heavy atom. The largest absolute Gasteiger partial charge is 0.461 e. The van der Waals surface area contributed by atoms with Gasteiger partial charge in [-0.25, -0.2) is 0 Å². The van der Waals surface area contributed by atoms with Gasteiger partial charge in [0.05, 0.1) is 6.54 Å².